The zero-order valence-electron chi connectivity index (χ0n) is 11.4. The first-order valence-electron chi connectivity index (χ1n) is 6.35. The first-order valence-corrected chi connectivity index (χ1v) is 8.63. The molecule has 0 fully saturated rings. The van der Waals surface area contributed by atoms with E-state index in [0.717, 1.165) is 16.9 Å². The van der Waals surface area contributed by atoms with Gasteiger partial charge >= 0.3 is 16.3 Å². The molecule has 9 heteroatoms. The molecule has 2 rings (SSSR count). The lowest BCUT2D eigenvalue weighted by Crippen LogP contribution is -2.32. The van der Waals surface area contributed by atoms with Crippen molar-refractivity contribution in [2.75, 3.05) is 10.8 Å². The number of anilines is 1. The van der Waals surface area contributed by atoms with E-state index in [1.54, 1.807) is 0 Å². The van der Waals surface area contributed by atoms with Crippen LogP contribution in [0.3, 0.4) is 0 Å². The van der Waals surface area contributed by atoms with E-state index in [-0.39, 0.29) is 17.2 Å². The summed E-state index contributed by atoms with van der Waals surface area (Å²) in [4.78, 5) is 14.7. The van der Waals surface area contributed by atoms with Crippen LogP contribution in [0.25, 0.3) is 0 Å². The number of carboxylic acid groups (broad SMARTS) is 1. The lowest BCUT2D eigenvalue weighted by atomic mass is 10.1. The Hall–Kier alpha value is -1.97. The Morgan fingerprint density at radius 1 is 1.27 bits per heavy atom. The highest BCUT2D eigenvalue weighted by Gasteiger charge is 2.27. The van der Waals surface area contributed by atoms with Crippen molar-refractivity contribution in [1.82, 2.24) is 4.98 Å². The topological polar surface area (TPSA) is 108 Å². The van der Waals surface area contributed by atoms with Gasteiger partial charge in [0, 0.05) is 6.54 Å². The zero-order valence-corrected chi connectivity index (χ0v) is 13.0. The van der Waals surface area contributed by atoms with Crippen molar-refractivity contribution >= 4 is 32.6 Å². The summed E-state index contributed by atoms with van der Waals surface area (Å²) in [5, 5.41) is 8.92. The van der Waals surface area contributed by atoms with Crippen LogP contribution in [0.1, 0.15) is 22.5 Å². The molecule has 0 unspecified atom stereocenters. The van der Waals surface area contributed by atoms with E-state index in [4.69, 9.17) is 5.11 Å². The van der Waals surface area contributed by atoms with Gasteiger partial charge in [-0.15, -0.1) is 11.3 Å². The Kier molecular flexibility index (Phi) is 5.11. The third-order valence-electron chi connectivity index (χ3n) is 2.93. The van der Waals surface area contributed by atoms with Gasteiger partial charge in [0.1, 0.15) is 5.00 Å². The average molecular weight is 342 g/mol. The highest BCUT2D eigenvalue weighted by atomic mass is 32.2. The molecule has 2 N–H and O–H groups in total. The Labute approximate surface area is 131 Å². The molecule has 0 spiro atoms. The molecule has 7 nitrogen and oxygen atoms in total. The minimum Gasteiger partial charge on any atom is -0.476 e. The molecule has 22 heavy (non-hydrogen) atoms. The van der Waals surface area contributed by atoms with Crippen LogP contribution in [0.4, 0.5) is 5.00 Å². The first-order chi connectivity index (χ1) is 10.4. The molecule has 0 aliphatic carbocycles. The predicted octanol–water partition coefficient (Wildman–Crippen LogP) is 2.08. The van der Waals surface area contributed by atoms with Crippen LogP contribution in [0, 0.1) is 0 Å². The molecule has 2 aromatic rings. The molecule has 0 bridgehead atoms. The van der Waals surface area contributed by atoms with Gasteiger partial charge in [-0.25, -0.2) is 14.1 Å². The standard InChI is InChI=1S/C13H14N2O5S2/c16-13(17)11-12(21-9-14-11)15(22(18,19)20)8-4-7-10-5-2-1-3-6-10/h1-3,5-6,9H,4,7-8H2,(H,16,17)(H,18,19,20). The number of aromatic carboxylic acids is 1. The lowest BCUT2D eigenvalue weighted by Gasteiger charge is -2.19. The van der Waals surface area contributed by atoms with Gasteiger partial charge in [0.15, 0.2) is 5.69 Å². The fourth-order valence-corrected chi connectivity index (χ4v) is 3.74. The number of aromatic nitrogens is 1. The lowest BCUT2D eigenvalue weighted by molar-refractivity contribution is 0.0692. The Morgan fingerprint density at radius 2 is 1.95 bits per heavy atom. The molecule has 0 aliphatic heterocycles. The maximum absolute atomic E-state index is 11.5. The molecule has 0 atom stereocenters. The van der Waals surface area contributed by atoms with Crippen molar-refractivity contribution in [3.63, 3.8) is 0 Å². The van der Waals surface area contributed by atoms with Crippen LogP contribution in [-0.2, 0) is 16.7 Å². The van der Waals surface area contributed by atoms with Crippen molar-refractivity contribution in [3.05, 3.63) is 47.1 Å². The second-order valence-electron chi connectivity index (χ2n) is 4.45. The smallest absolute Gasteiger partial charge is 0.360 e. The molecular weight excluding hydrogens is 328 g/mol. The summed E-state index contributed by atoms with van der Waals surface area (Å²) < 4.78 is 33.0. The van der Waals surface area contributed by atoms with Gasteiger partial charge < -0.3 is 5.11 Å². The largest absolute Gasteiger partial charge is 0.476 e. The number of hydrogen-bond acceptors (Lipinski definition) is 5. The van der Waals surface area contributed by atoms with Gasteiger partial charge in [-0.1, -0.05) is 30.3 Å². The molecule has 0 radical (unpaired) electrons. The number of carbonyl (C=O) groups is 1. The Bertz CT molecular complexity index is 743. The molecule has 118 valence electrons. The fourth-order valence-electron chi connectivity index (χ4n) is 1.96. The van der Waals surface area contributed by atoms with E-state index in [2.05, 4.69) is 4.98 Å². The normalized spacial score (nSPS) is 11.3. The van der Waals surface area contributed by atoms with Crippen LogP contribution < -0.4 is 4.31 Å². The number of nitrogens with zero attached hydrogens (tertiary/aromatic N) is 2. The summed E-state index contributed by atoms with van der Waals surface area (Å²) in [6.45, 7) is -0.0315. The van der Waals surface area contributed by atoms with E-state index >= 15 is 0 Å². The number of aryl methyl sites for hydroxylation is 1. The van der Waals surface area contributed by atoms with Crippen LogP contribution >= 0.6 is 11.3 Å². The van der Waals surface area contributed by atoms with Gasteiger partial charge in [0.05, 0.1) is 5.51 Å². The molecule has 0 saturated heterocycles. The minimum absolute atomic E-state index is 0.0315. The molecule has 0 amide bonds. The van der Waals surface area contributed by atoms with Gasteiger partial charge in [0.2, 0.25) is 0 Å². The number of rotatable bonds is 7. The molecule has 0 saturated carbocycles. The molecule has 1 heterocycles. The summed E-state index contributed by atoms with van der Waals surface area (Å²) in [6, 6.07) is 9.45. The minimum atomic E-state index is -4.56. The van der Waals surface area contributed by atoms with Crippen LogP contribution in [0.15, 0.2) is 35.8 Å². The third-order valence-corrected chi connectivity index (χ3v) is 4.81. The monoisotopic (exact) mass is 342 g/mol. The second kappa shape index (κ2) is 6.86. The highest BCUT2D eigenvalue weighted by Crippen LogP contribution is 2.27. The summed E-state index contributed by atoms with van der Waals surface area (Å²) in [5.41, 5.74) is 1.87. The van der Waals surface area contributed by atoms with Crippen molar-refractivity contribution in [2.45, 2.75) is 12.8 Å². The third kappa shape index (κ3) is 4.03. The van der Waals surface area contributed by atoms with Crippen LogP contribution in [0.5, 0.6) is 0 Å². The number of carboxylic acids is 1. The van der Waals surface area contributed by atoms with E-state index in [1.165, 1.54) is 5.51 Å². The second-order valence-corrected chi connectivity index (χ2v) is 6.62. The Balaban J connectivity index is 2.14. The predicted molar refractivity (Wildman–Crippen MR) is 82.7 cm³/mol. The molecule has 0 aliphatic rings. The summed E-state index contributed by atoms with van der Waals surface area (Å²) >= 11 is 0.854. The quantitative estimate of drug-likeness (QED) is 0.746. The van der Waals surface area contributed by atoms with Gasteiger partial charge in [-0.05, 0) is 18.4 Å². The SMILES string of the molecule is O=C(O)c1ncsc1N(CCCc1ccccc1)S(=O)(=O)O. The van der Waals surface area contributed by atoms with E-state index in [9.17, 15) is 17.8 Å². The van der Waals surface area contributed by atoms with Crippen molar-refractivity contribution in [2.24, 2.45) is 0 Å². The number of thiazole rings is 1. The summed E-state index contributed by atoms with van der Waals surface area (Å²) in [6.07, 6.45) is 1.04. The zero-order chi connectivity index (χ0) is 16.2. The fraction of sp³-hybridized carbons (Fsp3) is 0.231. The first kappa shape index (κ1) is 16.4. The highest BCUT2D eigenvalue weighted by molar-refractivity contribution is 7.87. The van der Waals surface area contributed by atoms with E-state index < -0.39 is 16.3 Å². The maximum Gasteiger partial charge on any atom is 0.360 e. The van der Waals surface area contributed by atoms with E-state index in [0.29, 0.717) is 17.1 Å². The van der Waals surface area contributed by atoms with Crippen molar-refractivity contribution < 1.29 is 22.9 Å². The van der Waals surface area contributed by atoms with Crippen molar-refractivity contribution in [1.29, 1.82) is 0 Å². The average Bonchev–Trinajstić information content (AvgIpc) is 2.92. The molecule has 1 aromatic heterocycles. The summed E-state index contributed by atoms with van der Waals surface area (Å²) in [5.74, 6) is -1.34. The molecule has 1 aromatic carbocycles. The summed E-state index contributed by atoms with van der Waals surface area (Å²) in [7, 11) is -4.56. The number of benzene rings is 1. The van der Waals surface area contributed by atoms with Gasteiger partial charge in [-0.3, -0.25) is 4.55 Å². The number of hydrogen-bond donors (Lipinski definition) is 2. The molecular formula is C13H14N2O5S2. The van der Waals surface area contributed by atoms with Crippen LogP contribution in [0.2, 0.25) is 0 Å². The van der Waals surface area contributed by atoms with E-state index in [1.807, 2.05) is 30.3 Å². The maximum atomic E-state index is 11.5. The van der Waals surface area contributed by atoms with Crippen molar-refractivity contribution in [3.8, 4) is 0 Å². The van der Waals surface area contributed by atoms with Gasteiger partial charge in [-0.2, -0.15) is 8.42 Å². The Morgan fingerprint density at radius 3 is 2.55 bits per heavy atom. The van der Waals surface area contributed by atoms with Gasteiger partial charge in [0.25, 0.3) is 0 Å². The van der Waals surface area contributed by atoms with Crippen LogP contribution in [-0.4, -0.2) is 35.6 Å².